The number of carbonyl (C=O) groups excluding carboxylic acids is 4. The van der Waals surface area contributed by atoms with Gasteiger partial charge in [0.2, 0.25) is 23.6 Å². The standard InChI is InChI=1S/C23H36N4O5/c1-13(2)10-19(25-15(5)28)22(31)27-20(11-14(3)4)23(32)26-18(21(24)30)12-16-6-8-17(29)9-7-16/h6-9,13-14,18-20,29H,10-12H2,1-5H3,(H2,24,30)(H,25,28)(H,26,32)(H,27,31)/t18-,19-,20-/m0/s1. The maximum absolute atomic E-state index is 13.0. The Hall–Kier alpha value is -3.10. The number of nitrogens with two attached hydrogens (primary N) is 1. The Bertz CT molecular complexity index is 792. The summed E-state index contributed by atoms with van der Waals surface area (Å²) in [5, 5.41) is 17.4. The van der Waals surface area contributed by atoms with Gasteiger partial charge in [-0.3, -0.25) is 19.2 Å². The molecule has 178 valence electrons. The van der Waals surface area contributed by atoms with Gasteiger partial charge in [-0.15, -0.1) is 0 Å². The van der Waals surface area contributed by atoms with Crippen molar-refractivity contribution in [3.8, 4) is 5.75 Å². The minimum Gasteiger partial charge on any atom is -0.508 e. The molecule has 0 saturated heterocycles. The molecule has 1 rings (SSSR count). The number of nitrogens with one attached hydrogen (secondary N) is 3. The highest BCUT2D eigenvalue weighted by molar-refractivity contribution is 5.93. The van der Waals surface area contributed by atoms with E-state index in [1.807, 2.05) is 27.7 Å². The summed E-state index contributed by atoms with van der Waals surface area (Å²) in [6.45, 7) is 9.02. The van der Waals surface area contributed by atoms with Crippen LogP contribution in [0.5, 0.6) is 5.75 Å². The average Bonchev–Trinajstić information content (AvgIpc) is 2.66. The molecule has 0 unspecified atom stereocenters. The van der Waals surface area contributed by atoms with E-state index in [1.165, 1.54) is 19.1 Å². The van der Waals surface area contributed by atoms with Gasteiger partial charge in [0.1, 0.15) is 23.9 Å². The molecule has 0 aliphatic rings. The van der Waals surface area contributed by atoms with Crippen LogP contribution in [0.1, 0.15) is 53.0 Å². The van der Waals surface area contributed by atoms with Crippen LogP contribution in [0, 0.1) is 11.8 Å². The number of aromatic hydroxyl groups is 1. The van der Waals surface area contributed by atoms with E-state index < -0.39 is 35.8 Å². The second-order valence-corrected chi connectivity index (χ2v) is 8.91. The van der Waals surface area contributed by atoms with Crippen molar-refractivity contribution >= 4 is 23.6 Å². The molecule has 9 nitrogen and oxygen atoms in total. The number of hydrogen-bond acceptors (Lipinski definition) is 5. The first kappa shape index (κ1) is 26.9. The number of phenolic OH excluding ortho intramolecular Hbond substituents is 1. The molecule has 0 saturated carbocycles. The lowest BCUT2D eigenvalue weighted by atomic mass is 9.99. The monoisotopic (exact) mass is 448 g/mol. The van der Waals surface area contributed by atoms with E-state index in [0.717, 1.165) is 0 Å². The highest BCUT2D eigenvalue weighted by atomic mass is 16.3. The van der Waals surface area contributed by atoms with Crippen LogP contribution in [0.4, 0.5) is 0 Å². The Morgan fingerprint density at radius 3 is 1.66 bits per heavy atom. The van der Waals surface area contributed by atoms with Crippen LogP contribution in [0.2, 0.25) is 0 Å². The summed E-state index contributed by atoms with van der Waals surface area (Å²) in [7, 11) is 0. The predicted octanol–water partition coefficient (Wildman–Crippen LogP) is 0.987. The molecule has 0 heterocycles. The molecule has 6 N–H and O–H groups in total. The topological polar surface area (TPSA) is 151 Å². The van der Waals surface area contributed by atoms with Crippen molar-refractivity contribution < 1.29 is 24.3 Å². The Kier molecular flexibility index (Phi) is 10.7. The third-order valence-electron chi connectivity index (χ3n) is 4.78. The van der Waals surface area contributed by atoms with E-state index in [1.54, 1.807) is 12.1 Å². The molecule has 1 aromatic rings. The fraction of sp³-hybridized carbons (Fsp3) is 0.565. The lowest BCUT2D eigenvalue weighted by molar-refractivity contribution is -0.133. The van der Waals surface area contributed by atoms with Gasteiger partial charge < -0.3 is 26.8 Å². The van der Waals surface area contributed by atoms with Gasteiger partial charge in [-0.25, -0.2) is 0 Å². The zero-order chi connectivity index (χ0) is 24.4. The zero-order valence-electron chi connectivity index (χ0n) is 19.5. The smallest absolute Gasteiger partial charge is 0.243 e. The lowest BCUT2D eigenvalue weighted by Crippen LogP contribution is -2.57. The largest absolute Gasteiger partial charge is 0.508 e. The van der Waals surface area contributed by atoms with Crippen LogP contribution in [-0.2, 0) is 25.6 Å². The van der Waals surface area contributed by atoms with Gasteiger partial charge in [0, 0.05) is 13.3 Å². The molecule has 0 spiro atoms. The Morgan fingerprint density at radius 2 is 1.25 bits per heavy atom. The third-order valence-corrected chi connectivity index (χ3v) is 4.78. The Labute approximate surface area is 189 Å². The third kappa shape index (κ3) is 9.80. The van der Waals surface area contributed by atoms with Crippen molar-refractivity contribution in [2.45, 2.75) is 72.0 Å². The van der Waals surface area contributed by atoms with Crippen molar-refractivity contribution in [1.82, 2.24) is 16.0 Å². The first-order chi connectivity index (χ1) is 14.9. The van der Waals surface area contributed by atoms with Crippen LogP contribution in [0.3, 0.4) is 0 Å². The minimum absolute atomic E-state index is 0.0829. The Balaban J connectivity index is 2.96. The van der Waals surface area contributed by atoms with Gasteiger partial charge in [0.25, 0.3) is 0 Å². The minimum atomic E-state index is -0.986. The molecule has 3 atom stereocenters. The summed E-state index contributed by atoms with van der Waals surface area (Å²) in [6, 6.07) is 3.58. The lowest BCUT2D eigenvalue weighted by Gasteiger charge is -2.26. The molecule has 0 bridgehead atoms. The molecule has 4 amide bonds. The van der Waals surface area contributed by atoms with Crippen molar-refractivity contribution in [1.29, 1.82) is 0 Å². The number of primary amides is 1. The van der Waals surface area contributed by atoms with Crippen LogP contribution < -0.4 is 21.7 Å². The molecule has 9 heteroatoms. The van der Waals surface area contributed by atoms with Gasteiger partial charge in [0.15, 0.2) is 0 Å². The SMILES string of the molecule is CC(=O)N[C@@H](CC(C)C)C(=O)N[C@@H](CC(C)C)C(=O)N[C@@H](Cc1ccc(O)cc1)C(N)=O. The van der Waals surface area contributed by atoms with Crippen LogP contribution in [0.25, 0.3) is 0 Å². The van der Waals surface area contributed by atoms with Gasteiger partial charge in [-0.05, 0) is 42.4 Å². The summed E-state index contributed by atoms with van der Waals surface area (Å²) < 4.78 is 0. The molecule has 1 aromatic carbocycles. The van der Waals surface area contributed by atoms with Gasteiger partial charge in [-0.2, -0.15) is 0 Å². The predicted molar refractivity (Wildman–Crippen MR) is 121 cm³/mol. The summed E-state index contributed by atoms with van der Waals surface area (Å²) in [4.78, 5) is 49.3. The zero-order valence-corrected chi connectivity index (χ0v) is 19.5. The first-order valence-electron chi connectivity index (χ1n) is 10.8. The van der Waals surface area contributed by atoms with Crippen molar-refractivity contribution in [2.75, 3.05) is 0 Å². The molecule has 0 radical (unpaired) electrons. The second kappa shape index (κ2) is 12.7. The van der Waals surface area contributed by atoms with E-state index in [9.17, 15) is 24.3 Å². The van der Waals surface area contributed by atoms with E-state index >= 15 is 0 Å². The van der Waals surface area contributed by atoms with Crippen LogP contribution in [0.15, 0.2) is 24.3 Å². The number of carbonyl (C=O) groups is 4. The molecule has 0 aromatic heterocycles. The van der Waals surface area contributed by atoms with Gasteiger partial charge in [-0.1, -0.05) is 39.8 Å². The van der Waals surface area contributed by atoms with Crippen molar-refractivity contribution in [3.63, 3.8) is 0 Å². The van der Waals surface area contributed by atoms with Crippen LogP contribution >= 0.6 is 0 Å². The number of amides is 4. The van der Waals surface area contributed by atoms with E-state index in [4.69, 9.17) is 5.73 Å². The van der Waals surface area contributed by atoms with Gasteiger partial charge in [0.05, 0.1) is 0 Å². The van der Waals surface area contributed by atoms with E-state index in [0.29, 0.717) is 18.4 Å². The molecule has 0 fully saturated rings. The Morgan fingerprint density at radius 1 is 0.812 bits per heavy atom. The fourth-order valence-corrected chi connectivity index (χ4v) is 3.29. The fourth-order valence-electron chi connectivity index (χ4n) is 3.29. The normalized spacial score (nSPS) is 13.8. The summed E-state index contributed by atoms with van der Waals surface area (Å²) in [5.74, 6) is -1.71. The molecular weight excluding hydrogens is 412 g/mol. The maximum atomic E-state index is 13.0. The molecule has 32 heavy (non-hydrogen) atoms. The number of benzene rings is 1. The number of hydrogen-bond donors (Lipinski definition) is 5. The van der Waals surface area contributed by atoms with E-state index in [-0.39, 0.29) is 29.9 Å². The molecular formula is C23H36N4O5. The highest BCUT2D eigenvalue weighted by Crippen LogP contribution is 2.13. The number of rotatable bonds is 12. The average molecular weight is 449 g/mol. The van der Waals surface area contributed by atoms with E-state index in [2.05, 4.69) is 16.0 Å². The molecule has 0 aliphatic heterocycles. The highest BCUT2D eigenvalue weighted by Gasteiger charge is 2.29. The van der Waals surface area contributed by atoms with Crippen molar-refractivity contribution in [2.24, 2.45) is 17.6 Å². The molecule has 0 aliphatic carbocycles. The summed E-state index contributed by atoms with van der Waals surface area (Å²) in [6.07, 6.45) is 0.911. The first-order valence-corrected chi connectivity index (χ1v) is 10.8. The summed E-state index contributed by atoms with van der Waals surface area (Å²) >= 11 is 0. The second-order valence-electron chi connectivity index (χ2n) is 8.91. The summed E-state index contributed by atoms with van der Waals surface area (Å²) in [5.41, 5.74) is 6.19. The van der Waals surface area contributed by atoms with Crippen LogP contribution in [-0.4, -0.2) is 46.9 Å². The quantitative estimate of drug-likeness (QED) is 0.323. The van der Waals surface area contributed by atoms with Gasteiger partial charge >= 0.3 is 0 Å². The van der Waals surface area contributed by atoms with Crippen molar-refractivity contribution in [3.05, 3.63) is 29.8 Å². The maximum Gasteiger partial charge on any atom is 0.243 e. The number of phenols is 1.